The van der Waals surface area contributed by atoms with Gasteiger partial charge >= 0.3 is 0 Å². The van der Waals surface area contributed by atoms with Crippen molar-refractivity contribution in [3.05, 3.63) is 46.7 Å². The van der Waals surface area contributed by atoms with Crippen molar-refractivity contribution >= 4 is 23.1 Å². The lowest BCUT2D eigenvalue weighted by atomic mass is 10.1. The lowest BCUT2D eigenvalue weighted by molar-refractivity contribution is 0.0969. The van der Waals surface area contributed by atoms with Crippen molar-refractivity contribution in [1.29, 1.82) is 0 Å². The third-order valence-electron chi connectivity index (χ3n) is 3.16. The monoisotopic (exact) mass is 307 g/mol. The molecule has 2 rings (SSSR count). The third-order valence-corrected chi connectivity index (χ3v) is 3.43. The van der Waals surface area contributed by atoms with E-state index in [1.54, 1.807) is 11.8 Å². The number of aryl methyl sites for hydroxylation is 1. The summed E-state index contributed by atoms with van der Waals surface area (Å²) < 4.78 is 6.59. The van der Waals surface area contributed by atoms with Crippen molar-refractivity contribution in [3.63, 3.8) is 0 Å². The van der Waals surface area contributed by atoms with Gasteiger partial charge in [0, 0.05) is 19.2 Å². The molecule has 112 valence electrons. The minimum atomic E-state index is -0.0315. The van der Waals surface area contributed by atoms with Gasteiger partial charge in [0.2, 0.25) is 0 Å². The average molecular weight is 308 g/mol. The molecule has 6 heteroatoms. The summed E-state index contributed by atoms with van der Waals surface area (Å²) in [5.74, 6) is -0.0315. The molecular weight excluding hydrogens is 290 g/mol. The molecule has 0 spiro atoms. The van der Waals surface area contributed by atoms with E-state index in [9.17, 15) is 4.79 Å². The van der Waals surface area contributed by atoms with Crippen LogP contribution >= 0.6 is 11.6 Å². The summed E-state index contributed by atoms with van der Waals surface area (Å²) in [6.45, 7) is 0.982. The maximum atomic E-state index is 12.4. The van der Waals surface area contributed by atoms with E-state index in [4.69, 9.17) is 22.1 Å². The fourth-order valence-corrected chi connectivity index (χ4v) is 2.36. The molecule has 0 saturated heterocycles. The molecule has 0 saturated carbocycles. The van der Waals surface area contributed by atoms with E-state index >= 15 is 0 Å². The van der Waals surface area contributed by atoms with Crippen molar-refractivity contribution in [2.45, 2.75) is 19.4 Å². The molecule has 0 unspecified atom stereocenters. The molecule has 2 aromatic rings. The van der Waals surface area contributed by atoms with Gasteiger partial charge in [-0.25, -0.2) is 0 Å². The van der Waals surface area contributed by atoms with Crippen LogP contribution in [-0.2, 0) is 17.7 Å². The van der Waals surface area contributed by atoms with Gasteiger partial charge in [0.05, 0.1) is 24.4 Å². The molecule has 1 aromatic carbocycles. The fraction of sp³-hybridized carbons (Fsp3) is 0.333. The number of halogens is 1. The van der Waals surface area contributed by atoms with E-state index in [1.807, 2.05) is 24.3 Å². The Morgan fingerprint density at radius 1 is 1.48 bits per heavy atom. The lowest BCUT2D eigenvalue weighted by Crippen LogP contribution is -2.14. The molecule has 5 nitrogen and oxygen atoms in total. The van der Waals surface area contributed by atoms with E-state index in [0.29, 0.717) is 42.4 Å². The van der Waals surface area contributed by atoms with Gasteiger partial charge in [0.15, 0.2) is 5.78 Å². The zero-order valence-electron chi connectivity index (χ0n) is 11.9. The van der Waals surface area contributed by atoms with Crippen molar-refractivity contribution in [3.8, 4) is 0 Å². The number of nitrogens with two attached hydrogens (primary N) is 1. The smallest absolute Gasteiger partial charge is 0.182 e. The van der Waals surface area contributed by atoms with Crippen molar-refractivity contribution < 1.29 is 9.53 Å². The van der Waals surface area contributed by atoms with Gasteiger partial charge in [-0.05, 0) is 24.1 Å². The highest BCUT2D eigenvalue weighted by molar-refractivity contribution is 6.33. The number of carbonyl (C=O) groups excluding carboxylic acids is 1. The zero-order chi connectivity index (χ0) is 15.2. The van der Waals surface area contributed by atoms with Crippen LogP contribution in [-0.4, -0.2) is 29.3 Å². The summed E-state index contributed by atoms with van der Waals surface area (Å²) in [5, 5.41) is 4.49. The van der Waals surface area contributed by atoms with Crippen LogP contribution in [0.2, 0.25) is 5.02 Å². The van der Waals surface area contributed by atoms with E-state index in [0.717, 1.165) is 5.56 Å². The summed E-state index contributed by atoms with van der Waals surface area (Å²) in [4.78, 5) is 12.4. The maximum Gasteiger partial charge on any atom is 0.182 e. The molecule has 1 aromatic heterocycles. The number of nitrogen functional groups attached to an aromatic ring is 1. The van der Waals surface area contributed by atoms with Crippen LogP contribution in [0.15, 0.2) is 30.5 Å². The molecule has 2 N–H and O–H groups in total. The van der Waals surface area contributed by atoms with Crippen LogP contribution in [0.25, 0.3) is 0 Å². The van der Waals surface area contributed by atoms with Crippen LogP contribution in [0.5, 0.6) is 0 Å². The van der Waals surface area contributed by atoms with E-state index in [2.05, 4.69) is 5.10 Å². The first-order valence-corrected chi connectivity index (χ1v) is 7.07. The number of hydrogen-bond acceptors (Lipinski definition) is 4. The molecule has 0 bridgehead atoms. The second kappa shape index (κ2) is 7.24. The standard InChI is InChI=1S/C15H18ClN3O2/c1-21-8-7-19-15(13(16)10-18-19)14(20)6-5-11-3-2-4-12(17)9-11/h2-4,9-10H,5-8,17H2,1H3. The Morgan fingerprint density at radius 2 is 2.29 bits per heavy atom. The summed E-state index contributed by atoms with van der Waals surface area (Å²) in [7, 11) is 1.60. The van der Waals surface area contributed by atoms with E-state index < -0.39 is 0 Å². The number of methoxy groups -OCH3 is 1. The summed E-state index contributed by atoms with van der Waals surface area (Å²) >= 11 is 6.06. The molecule has 0 fully saturated rings. The maximum absolute atomic E-state index is 12.4. The number of anilines is 1. The normalized spacial score (nSPS) is 10.8. The number of aromatic nitrogens is 2. The Kier molecular flexibility index (Phi) is 5.36. The van der Waals surface area contributed by atoms with E-state index in [-0.39, 0.29) is 5.78 Å². The number of rotatable bonds is 7. The lowest BCUT2D eigenvalue weighted by Gasteiger charge is -2.07. The van der Waals surface area contributed by atoms with Gasteiger partial charge in [0.1, 0.15) is 5.69 Å². The van der Waals surface area contributed by atoms with Crippen LogP contribution in [0, 0.1) is 0 Å². The Hall–Kier alpha value is -1.85. The Labute approximate surface area is 128 Å². The summed E-state index contributed by atoms with van der Waals surface area (Å²) in [5.41, 5.74) is 7.90. The van der Waals surface area contributed by atoms with Crippen LogP contribution in [0.1, 0.15) is 22.5 Å². The van der Waals surface area contributed by atoms with E-state index in [1.165, 1.54) is 6.20 Å². The fourth-order valence-electron chi connectivity index (χ4n) is 2.11. The predicted octanol–water partition coefficient (Wildman–Crippen LogP) is 2.58. The van der Waals surface area contributed by atoms with Gasteiger partial charge in [0.25, 0.3) is 0 Å². The van der Waals surface area contributed by atoms with Gasteiger partial charge in [-0.15, -0.1) is 0 Å². The number of Topliss-reactive ketones (excluding diaryl/α,β-unsaturated/α-hetero) is 1. The molecule has 0 radical (unpaired) electrons. The minimum absolute atomic E-state index is 0.0315. The topological polar surface area (TPSA) is 70.1 Å². The Bertz CT molecular complexity index is 625. The Balaban J connectivity index is 2.04. The quantitative estimate of drug-likeness (QED) is 0.630. The van der Waals surface area contributed by atoms with Gasteiger partial charge in [-0.2, -0.15) is 5.10 Å². The number of nitrogens with zero attached hydrogens (tertiary/aromatic N) is 2. The SMILES string of the molecule is COCCn1ncc(Cl)c1C(=O)CCc1cccc(N)c1. The van der Waals surface area contributed by atoms with Crippen LogP contribution < -0.4 is 5.73 Å². The highest BCUT2D eigenvalue weighted by Crippen LogP contribution is 2.18. The first-order chi connectivity index (χ1) is 10.1. The number of ether oxygens (including phenoxy) is 1. The second-order valence-electron chi connectivity index (χ2n) is 4.73. The number of carbonyl (C=O) groups is 1. The number of benzene rings is 1. The highest BCUT2D eigenvalue weighted by Gasteiger charge is 2.17. The van der Waals surface area contributed by atoms with Gasteiger partial charge in [-0.1, -0.05) is 23.7 Å². The number of ketones is 1. The van der Waals surface area contributed by atoms with Crippen molar-refractivity contribution in [1.82, 2.24) is 9.78 Å². The van der Waals surface area contributed by atoms with Gasteiger partial charge < -0.3 is 10.5 Å². The first-order valence-electron chi connectivity index (χ1n) is 6.69. The summed E-state index contributed by atoms with van der Waals surface area (Å²) in [6, 6.07) is 7.53. The molecule has 0 aliphatic heterocycles. The zero-order valence-corrected chi connectivity index (χ0v) is 12.6. The van der Waals surface area contributed by atoms with Crippen molar-refractivity contribution in [2.75, 3.05) is 19.5 Å². The molecule has 0 amide bonds. The molecular formula is C15H18ClN3O2. The third kappa shape index (κ3) is 4.06. The molecule has 0 aliphatic carbocycles. The number of hydrogen-bond donors (Lipinski definition) is 1. The van der Waals surface area contributed by atoms with Crippen molar-refractivity contribution in [2.24, 2.45) is 0 Å². The second-order valence-corrected chi connectivity index (χ2v) is 5.13. The molecule has 0 atom stereocenters. The molecule has 21 heavy (non-hydrogen) atoms. The summed E-state index contributed by atoms with van der Waals surface area (Å²) in [6.07, 6.45) is 2.47. The highest BCUT2D eigenvalue weighted by atomic mass is 35.5. The van der Waals surface area contributed by atoms with Crippen LogP contribution in [0.4, 0.5) is 5.69 Å². The molecule has 1 heterocycles. The Morgan fingerprint density at radius 3 is 3.00 bits per heavy atom. The first kappa shape index (κ1) is 15.5. The van der Waals surface area contributed by atoms with Crippen LogP contribution in [0.3, 0.4) is 0 Å². The average Bonchev–Trinajstić information content (AvgIpc) is 2.83. The largest absolute Gasteiger partial charge is 0.399 e. The minimum Gasteiger partial charge on any atom is -0.399 e. The van der Waals surface area contributed by atoms with Gasteiger partial charge in [-0.3, -0.25) is 9.48 Å². The predicted molar refractivity (Wildman–Crippen MR) is 82.6 cm³/mol. The molecule has 0 aliphatic rings.